The van der Waals surface area contributed by atoms with Crippen LogP contribution in [0.2, 0.25) is 0 Å². The van der Waals surface area contributed by atoms with Crippen LogP contribution in [0.5, 0.6) is 0 Å². The normalized spacial score (nSPS) is 20.6. The zero-order chi connectivity index (χ0) is 15.3. The van der Waals surface area contributed by atoms with Crippen molar-refractivity contribution in [2.75, 3.05) is 6.54 Å². The third-order valence-electron chi connectivity index (χ3n) is 5.11. The SMILES string of the molecule is CCC(CCN)CCc1nc(C2CCC(C)(C)CC2)no1. The van der Waals surface area contributed by atoms with E-state index in [0.29, 0.717) is 17.3 Å². The summed E-state index contributed by atoms with van der Waals surface area (Å²) < 4.78 is 5.45. The quantitative estimate of drug-likeness (QED) is 0.823. The van der Waals surface area contributed by atoms with Gasteiger partial charge < -0.3 is 10.3 Å². The van der Waals surface area contributed by atoms with Crippen LogP contribution in [0.15, 0.2) is 4.52 Å². The second kappa shape index (κ2) is 7.39. The maximum absolute atomic E-state index is 5.65. The molecule has 4 nitrogen and oxygen atoms in total. The van der Waals surface area contributed by atoms with E-state index in [4.69, 9.17) is 10.3 Å². The lowest BCUT2D eigenvalue weighted by atomic mass is 9.73. The Balaban J connectivity index is 1.84. The highest BCUT2D eigenvalue weighted by Gasteiger charge is 2.30. The van der Waals surface area contributed by atoms with Gasteiger partial charge >= 0.3 is 0 Å². The zero-order valence-corrected chi connectivity index (χ0v) is 13.9. The maximum Gasteiger partial charge on any atom is 0.226 e. The molecule has 2 rings (SSSR count). The molecule has 1 aromatic heterocycles. The molecule has 0 saturated heterocycles. The predicted octanol–water partition coefficient (Wildman–Crippen LogP) is 4.06. The minimum Gasteiger partial charge on any atom is -0.339 e. The van der Waals surface area contributed by atoms with Crippen molar-refractivity contribution < 1.29 is 4.52 Å². The second-order valence-corrected chi connectivity index (χ2v) is 7.38. The average Bonchev–Trinajstić information content (AvgIpc) is 2.92. The summed E-state index contributed by atoms with van der Waals surface area (Å²) in [5.41, 5.74) is 6.13. The van der Waals surface area contributed by atoms with Crippen LogP contribution in [0.4, 0.5) is 0 Å². The molecule has 0 radical (unpaired) electrons. The Kier molecular flexibility index (Phi) is 5.80. The minimum absolute atomic E-state index is 0.486. The molecule has 1 atom stereocenters. The van der Waals surface area contributed by atoms with Gasteiger partial charge in [0.2, 0.25) is 5.89 Å². The Morgan fingerprint density at radius 1 is 1.29 bits per heavy atom. The molecule has 1 saturated carbocycles. The van der Waals surface area contributed by atoms with E-state index in [9.17, 15) is 0 Å². The first-order valence-corrected chi connectivity index (χ1v) is 8.56. The molecule has 0 aromatic carbocycles. The van der Waals surface area contributed by atoms with Crippen LogP contribution in [0, 0.1) is 11.3 Å². The number of hydrogen-bond acceptors (Lipinski definition) is 4. The number of nitrogens with zero attached hydrogens (tertiary/aromatic N) is 2. The minimum atomic E-state index is 0.486. The van der Waals surface area contributed by atoms with Gasteiger partial charge in [0, 0.05) is 12.3 Å². The van der Waals surface area contributed by atoms with Gasteiger partial charge in [0.15, 0.2) is 5.82 Å². The molecule has 0 amide bonds. The smallest absolute Gasteiger partial charge is 0.226 e. The van der Waals surface area contributed by atoms with E-state index in [1.54, 1.807) is 0 Å². The van der Waals surface area contributed by atoms with Crippen molar-refractivity contribution in [2.24, 2.45) is 17.1 Å². The van der Waals surface area contributed by atoms with Crippen molar-refractivity contribution in [1.29, 1.82) is 0 Å². The Morgan fingerprint density at radius 3 is 2.62 bits per heavy atom. The zero-order valence-electron chi connectivity index (χ0n) is 13.9. The number of hydrogen-bond donors (Lipinski definition) is 1. The number of aryl methyl sites for hydroxylation is 1. The second-order valence-electron chi connectivity index (χ2n) is 7.38. The number of aromatic nitrogens is 2. The molecule has 1 fully saturated rings. The van der Waals surface area contributed by atoms with Crippen molar-refractivity contribution in [3.05, 3.63) is 11.7 Å². The van der Waals surface area contributed by atoms with Crippen molar-refractivity contribution in [3.8, 4) is 0 Å². The summed E-state index contributed by atoms with van der Waals surface area (Å²) in [7, 11) is 0. The molecule has 1 heterocycles. The van der Waals surface area contributed by atoms with Gasteiger partial charge in [-0.25, -0.2) is 0 Å². The number of nitrogens with two attached hydrogens (primary N) is 1. The Morgan fingerprint density at radius 2 is 2.00 bits per heavy atom. The Bertz CT molecular complexity index is 417. The third-order valence-corrected chi connectivity index (χ3v) is 5.11. The highest BCUT2D eigenvalue weighted by atomic mass is 16.5. The van der Waals surface area contributed by atoms with Crippen molar-refractivity contribution >= 4 is 0 Å². The fourth-order valence-corrected chi connectivity index (χ4v) is 3.31. The summed E-state index contributed by atoms with van der Waals surface area (Å²) in [5.74, 6) is 2.93. The van der Waals surface area contributed by atoms with Crippen LogP contribution in [0.1, 0.15) is 83.3 Å². The first-order chi connectivity index (χ1) is 10.0. The summed E-state index contributed by atoms with van der Waals surface area (Å²) in [6.07, 6.45) is 9.17. The molecule has 1 aliphatic rings. The van der Waals surface area contributed by atoms with E-state index < -0.39 is 0 Å². The van der Waals surface area contributed by atoms with Crippen LogP contribution in [0.3, 0.4) is 0 Å². The molecule has 1 aliphatic carbocycles. The lowest BCUT2D eigenvalue weighted by Crippen LogP contribution is -2.20. The molecular weight excluding hydrogens is 262 g/mol. The lowest BCUT2D eigenvalue weighted by molar-refractivity contribution is 0.218. The monoisotopic (exact) mass is 293 g/mol. The van der Waals surface area contributed by atoms with Gasteiger partial charge in [0.25, 0.3) is 0 Å². The number of rotatable bonds is 7. The predicted molar refractivity (Wildman–Crippen MR) is 85.1 cm³/mol. The van der Waals surface area contributed by atoms with Gasteiger partial charge in [-0.15, -0.1) is 0 Å². The van der Waals surface area contributed by atoms with Gasteiger partial charge in [-0.3, -0.25) is 0 Å². The lowest BCUT2D eigenvalue weighted by Gasteiger charge is -2.32. The Hall–Kier alpha value is -0.900. The van der Waals surface area contributed by atoms with Crippen LogP contribution >= 0.6 is 0 Å². The van der Waals surface area contributed by atoms with E-state index in [2.05, 4.69) is 30.9 Å². The van der Waals surface area contributed by atoms with E-state index in [1.165, 1.54) is 32.1 Å². The van der Waals surface area contributed by atoms with Crippen LogP contribution in [-0.2, 0) is 6.42 Å². The molecular formula is C17H31N3O. The van der Waals surface area contributed by atoms with Crippen molar-refractivity contribution in [2.45, 2.75) is 78.1 Å². The van der Waals surface area contributed by atoms with Crippen LogP contribution in [-0.4, -0.2) is 16.7 Å². The highest BCUT2D eigenvalue weighted by molar-refractivity contribution is 4.99. The topological polar surface area (TPSA) is 64.9 Å². The summed E-state index contributed by atoms with van der Waals surface area (Å²) in [6.45, 7) is 7.70. The first-order valence-electron chi connectivity index (χ1n) is 8.56. The van der Waals surface area contributed by atoms with Gasteiger partial charge in [-0.05, 0) is 56.4 Å². The first kappa shape index (κ1) is 16.5. The summed E-state index contributed by atoms with van der Waals surface area (Å²) >= 11 is 0. The van der Waals surface area contributed by atoms with Crippen LogP contribution in [0.25, 0.3) is 0 Å². The summed E-state index contributed by atoms with van der Waals surface area (Å²) in [5, 5.41) is 4.23. The molecule has 4 heteroatoms. The summed E-state index contributed by atoms with van der Waals surface area (Å²) in [4.78, 5) is 4.64. The summed E-state index contributed by atoms with van der Waals surface area (Å²) in [6, 6.07) is 0. The van der Waals surface area contributed by atoms with E-state index in [-0.39, 0.29) is 0 Å². The highest BCUT2D eigenvalue weighted by Crippen LogP contribution is 2.41. The van der Waals surface area contributed by atoms with E-state index in [0.717, 1.165) is 37.5 Å². The third kappa shape index (κ3) is 4.80. The molecule has 1 unspecified atom stereocenters. The average molecular weight is 293 g/mol. The fraction of sp³-hybridized carbons (Fsp3) is 0.882. The fourth-order valence-electron chi connectivity index (χ4n) is 3.31. The van der Waals surface area contributed by atoms with Gasteiger partial charge in [0.05, 0.1) is 0 Å². The van der Waals surface area contributed by atoms with Gasteiger partial charge in [0.1, 0.15) is 0 Å². The molecule has 120 valence electrons. The Labute approximate surface area is 128 Å². The largest absolute Gasteiger partial charge is 0.339 e. The molecule has 1 aromatic rings. The molecule has 2 N–H and O–H groups in total. The van der Waals surface area contributed by atoms with Gasteiger partial charge in [-0.1, -0.05) is 32.3 Å². The molecule has 0 spiro atoms. The van der Waals surface area contributed by atoms with Crippen LogP contribution < -0.4 is 5.73 Å². The van der Waals surface area contributed by atoms with E-state index >= 15 is 0 Å². The molecule has 0 bridgehead atoms. The van der Waals surface area contributed by atoms with E-state index in [1.807, 2.05) is 0 Å². The molecule has 0 aliphatic heterocycles. The van der Waals surface area contributed by atoms with Crippen molar-refractivity contribution in [3.63, 3.8) is 0 Å². The molecule has 21 heavy (non-hydrogen) atoms. The standard InChI is InChI=1S/C17H31N3O/c1-4-13(9-12-18)5-6-15-19-16(20-21-15)14-7-10-17(2,3)11-8-14/h13-14H,4-12,18H2,1-3H3. The van der Waals surface area contributed by atoms with Crippen molar-refractivity contribution in [1.82, 2.24) is 10.1 Å². The maximum atomic E-state index is 5.65. The van der Waals surface area contributed by atoms with Gasteiger partial charge in [-0.2, -0.15) is 4.98 Å².